The Kier molecular flexibility index (Phi) is 6.39. The summed E-state index contributed by atoms with van der Waals surface area (Å²) in [6, 6.07) is 22.0. The molecule has 0 fully saturated rings. The molecule has 0 aliphatic rings. The lowest BCUT2D eigenvalue weighted by molar-refractivity contribution is 0.0983. The largest absolute Gasteiger partial charge is 0.320 e. The first kappa shape index (κ1) is 20.3. The van der Waals surface area contributed by atoms with Crippen molar-refractivity contribution in [3.8, 4) is 0 Å². The molecule has 1 heterocycles. The molecule has 5 heteroatoms. The number of pyridine rings is 1. The summed E-state index contributed by atoms with van der Waals surface area (Å²) in [6.45, 7) is 6.56. The summed E-state index contributed by atoms with van der Waals surface area (Å²) >= 11 is 0. The molecule has 29 heavy (non-hydrogen) atoms. The third-order valence-corrected chi connectivity index (χ3v) is 4.66. The van der Waals surface area contributed by atoms with Crippen molar-refractivity contribution in [3.05, 3.63) is 89.7 Å². The van der Waals surface area contributed by atoms with Crippen LogP contribution in [-0.4, -0.2) is 23.3 Å². The van der Waals surface area contributed by atoms with Crippen molar-refractivity contribution in [1.29, 1.82) is 0 Å². The number of benzene rings is 2. The lowest BCUT2D eigenvalue weighted by Crippen LogP contribution is -2.31. The number of para-hydroxylation sites is 2. The molecule has 2 amide bonds. The van der Waals surface area contributed by atoms with Crippen LogP contribution in [0.25, 0.3) is 0 Å². The van der Waals surface area contributed by atoms with Gasteiger partial charge in [0.15, 0.2) is 0 Å². The van der Waals surface area contributed by atoms with Gasteiger partial charge in [-0.2, -0.15) is 0 Å². The zero-order valence-corrected chi connectivity index (χ0v) is 16.9. The molecule has 148 valence electrons. The van der Waals surface area contributed by atoms with E-state index in [1.165, 1.54) is 0 Å². The van der Waals surface area contributed by atoms with Crippen LogP contribution in [0.3, 0.4) is 0 Å². The molecule has 0 aliphatic carbocycles. The van der Waals surface area contributed by atoms with Crippen LogP contribution in [0.2, 0.25) is 0 Å². The molecule has 0 radical (unpaired) electrons. The zero-order chi connectivity index (χ0) is 20.8. The molecule has 1 aromatic heterocycles. The summed E-state index contributed by atoms with van der Waals surface area (Å²) in [5.74, 6) is -0.303. The topological polar surface area (TPSA) is 62.3 Å². The molecular formula is C24H25N3O2. The third-order valence-electron chi connectivity index (χ3n) is 4.66. The van der Waals surface area contributed by atoms with Gasteiger partial charge in [-0.1, -0.05) is 56.3 Å². The monoisotopic (exact) mass is 387 g/mol. The van der Waals surface area contributed by atoms with Gasteiger partial charge in [-0.05, 0) is 48.7 Å². The van der Waals surface area contributed by atoms with E-state index in [0.29, 0.717) is 6.54 Å². The Bertz CT molecular complexity index is 1000. The van der Waals surface area contributed by atoms with Crippen LogP contribution in [0, 0.1) is 0 Å². The molecule has 0 bridgehead atoms. The van der Waals surface area contributed by atoms with E-state index in [0.717, 1.165) is 16.9 Å². The van der Waals surface area contributed by atoms with E-state index < -0.39 is 0 Å². The summed E-state index contributed by atoms with van der Waals surface area (Å²) in [7, 11) is 0. The van der Waals surface area contributed by atoms with Gasteiger partial charge in [-0.3, -0.25) is 9.59 Å². The molecule has 0 saturated carbocycles. The molecule has 0 atom stereocenters. The van der Waals surface area contributed by atoms with Crippen molar-refractivity contribution in [1.82, 2.24) is 4.98 Å². The highest BCUT2D eigenvalue weighted by atomic mass is 16.2. The Balaban J connectivity index is 1.84. The van der Waals surface area contributed by atoms with Gasteiger partial charge in [-0.25, -0.2) is 4.98 Å². The van der Waals surface area contributed by atoms with Gasteiger partial charge in [0.2, 0.25) is 0 Å². The Morgan fingerprint density at radius 2 is 1.55 bits per heavy atom. The minimum absolute atomic E-state index is 0.207. The van der Waals surface area contributed by atoms with Crippen molar-refractivity contribution >= 4 is 23.2 Å². The van der Waals surface area contributed by atoms with Gasteiger partial charge in [0.05, 0.1) is 0 Å². The molecule has 0 saturated heterocycles. The Morgan fingerprint density at radius 3 is 2.24 bits per heavy atom. The first-order valence-corrected chi connectivity index (χ1v) is 9.75. The fourth-order valence-electron chi connectivity index (χ4n) is 3.17. The number of hydrogen-bond acceptors (Lipinski definition) is 3. The van der Waals surface area contributed by atoms with Crippen molar-refractivity contribution in [2.75, 3.05) is 16.8 Å². The van der Waals surface area contributed by atoms with Gasteiger partial charge >= 0.3 is 0 Å². The summed E-state index contributed by atoms with van der Waals surface area (Å²) in [5.41, 5.74) is 3.04. The molecule has 5 nitrogen and oxygen atoms in total. The van der Waals surface area contributed by atoms with Crippen LogP contribution in [0.1, 0.15) is 53.2 Å². The number of carbonyl (C=O) groups excluding carboxylic acids is 2. The van der Waals surface area contributed by atoms with E-state index in [-0.39, 0.29) is 29.1 Å². The van der Waals surface area contributed by atoms with Crippen molar-refractivity contribution in [2.24, 2.45) is 0 Å². The molecule has 0 aliphatic heterocycles. The first-order valence-electron chi connectivity index (χ1n) is 9.75. The molecule has 1 N–H and O–H groups in total. The van der Waals surface area contributed by atoms with Crippen LogP contribution in [0.5, 0.6) is 0 Å². The second kappa shape index (κ2) is 9.15. The number of anilines is 2. The minimum Gasteiger partial charge on any atom is -0.320 e. The van der Waals surface area contributed by atoms with Crippen LogP contribution in [0.4, 0.5) is 11.4 Å². The minimum atomic E-state index is -0.337. The van der Waals surface area contributed by atoms with E-state index in [1.807, 2.05) is 61.5 Å². The fraction of sp³-hybridized carbons (Fsp3) is 0.208. The quantitative estimate of drug-likeness (QED) is 0.638. The second-order valence-electron chi connectivity index (χ2n) is 6.99. The predicted octanol–water partition coefficient (Wildman–Crippen LogP) is 5.12. The van der Waals surface area contributed by atoms with E-state index >= 15 is 0 Å². The van der Waals surface area contributed by atoms with Gasteiger partial charge < -0.3 is 10.2 Å². The maximum atomic E-state index is 13.0. The van der Waals surface area contributed by atoms with Crippen LogP contribution >= 0.6 is 0 Å². The van der Waals surface area contributed by atoms with Gasteiger partial charge in [-0.15, -0.1) is 0 Å². The first-order chi connectivity index (χ1) is 14.0. The number of aromatic nitrogens is 1. The maximum Gasteiger partial charge on any atom is 0.276 e. The summed E-state index contributed by atoms with van der Waals surface area (Å²) in [6.07, 6.45) is 0. The average molecular weight is 387 g/mol. The lowest BCUT2D eigenvalue weighted by Gasteiger charge is -2.20. The van der Waals surface area contributed by atoms with Crippen molar-refractivity contribution in [2.45, 2.75) is 26.7 Å². The number of nitrogens with zero attached hydrogens (tertiary/aromatic N) is 2. The van der Waals surface area contributed by atoms with Crippen LogP contribution in [0.15, 0.2) is 72.8 Å². The summed E-state index contributed by atoms with van der Waals surface area (Å²) in [4.78, 5) is 31.7. The van der Waals surface area contributed by atoms with E-state index in [9.17, 15) is 9.59 Å². The molecule has 3 aromatic rings. The Labute approximate surface area is 171 Å². The van der Waals surface area contributed by atoms with E-state index in [4.69, 9.17) is 0 Å². The predicted molar refractivity (Wildman–Crippen MR) is 117 cm³/mol. The number of nitrogens with one attached hydrogen (secondary N) is 1. The zero-order valence-electron chi connectivity index (χ0n) is 16.9. The summed E-state index contributed by atoms with van der Waals surface area (Å²) < 4.78 is 0. The Hall–Kier alpha value is -3.47. The highest BCUT2D eigenvalue weighted by Gasteiger charge is 2.19. The normalized spacial score (nSPS) is 10.6. The Morgan fingerprint density at radius 1 is 0.897 bits per heavy atom. The maximum absolute atomic E-state index is 13.0. The summed E-state index contributed by atoms with van der Waals surface area (Å²) in [5, 5.41) is 2.92. The van der Waals surface area contributed by atoms with Crippen LogP contribution < -0.4 is 10.2 Å². The molecular weight excluding hydrogens is 362 g/mol. The highest BCUT2D eigenvalue weighted by Crippen LogP contribution is 2.24. The second-order valence-corrected chi connectivity index (χ2v) is 6.99. The van der Waals surface area contributed by atoms with E-state index in [2.05, 4.69) is 24.1 Å². The average Bonchev–Trinajstić information content (AvgIpc) is 2.75. The standard InChI is InChI=1S/C24H25N3O2/c1-4-27(18-11-6-5-7-12-18)24(29)22-16-10-15-21(25-22)23(28)26-20-14-9-8-13-19(20)17(2)3/h5-17H,4H2,1-3H3,(H,26,28). The molecule has 2 aromatic carbocycles. The molecule has 0 spiro atoms. The van der Waals surface area contributed by atoms with Crippen LogP contribution in [-0.2, 0) is 0 Å². The highest BCUT2D eigenvalue weighted by molar-refractivity contribution is 6.07. The number of hydrogen-bond donors (Lipinski definition) is 1. The number of carbonyl (C=O) groups is 2. The fourth-order valence-corrected chi connectivity index (χ4v) is 3.17. The van der Waals surface area contributed by atoms with Gasteiger partial charge in [0.25, 0.3) is 11.8 Å². The van der Waals surface area contributed by atoms with Crippen molar-refractivity contribution in [3.63, 3.8) is 0 Å². The van der Waals surface area contributed by atoms with Gasteiger partial charge in [0.1, 0.15) is 11.4 Å². The lowest BCUT2D eigenvalue weighted by atomic mass is 10.0. The smallest absolute Gasteiger partial charge is 0.276 e. The van der Waals surface area contributed by atoms with Gasteiger partial charge in [0, 0.05) is 17.9 Å². The molecule has 3 rings (SSSR count). The molecule has 0 unspecified atom stereocenters. The SMILES string of the molecule is CCN(C(=O)c1cccc(C(=O)Nc2ccccc2C(C)C)n1)c1ccccc1. The van der Waals surface area contributed by atoms with E-state index in [1.54, 1.807) is 23.1 Å². The third kappa shape index (κ3) is 4.69. The number of rotatable bonds is 6. The van der Waals surface area contributed by atoms with Crippen molar-refractivity contribution < 1.29 is 9.59 Å². The number of amides is 2.